The van der Waals surface area contributed by atoms with Crippen LogP contribution in [0.3, 0.4) is 0 Å². The number of benzene rings is 3. The average Bonchev–Trinajstić information content (AvgIpc) is 2.54. The van der Waals surface area contributed by atoms with E-state index in [4.69, 9.17) is 14.2 Å². The molecule has 114 valence electrons. The number of fused-ring (bicyclic) bond motifs is 3. The van der Waals surface area contributed by atoms with E-state index in [2.05, 4.69) is 0 Å². The van der Waals surface area contributed by atoms with E-state index in [0.717, 1.165) is 5.39 Å². The lowest BCUT2D eigenvalue weighted by Gasteiger charge is -2.14. The van der Waals surface area contributed by atoms with Crippen LogP contribution in [0.15, 0.2) is 30.3 Å². The maximum atomic E-state index is 10.6. The van der Waals surface area contributed by atoms with Gasteiger partial charge >= 0.3 is 0 Å². The maximum Gasteiger partial charge on any atom is 0.203 e. The van der Waals surface area contributed by atoms with Gasteiger partial charge in [0.2, 0.25) is 5.75 Å². The third kappa shape index (κ3) is 1.86. The first-order chi connectivity index (χ1) is 10.6. The first-order valence-corrected chi connectivity index (χ1v) is 6.68. The van der Waals surface area contributed by atoms with Crippen LogP contribution in [0.25, 0.3) is 21.5 Å². The molecule has 0 fully saturated rings. The Morgan fingerprint density at radius 1 is 0.727 bits per heavy atom. The molecule has 0 radical (unpaired) electrons. The van der Waals surface area contributed by atoms with Crippen molar-refractivity contribution >= 4 is 21.5 Å². The zero-order chi connectivity index (χ0) is 15.9. The highest BCUT2D eigenvalue weighted by molar-refractivity contribution is 6.14. The fraction of sp³-hybridized carbons (Fsp3) is 0.176. The molecular weight excluding hydrogens is 284 g/mol. The highest BCUT2D eigenvalue weighted by Crippen LogP contribution is 2.47. The summed E-state index contributed by atoms with van der Waals surface area (Å²) >= 11 is 0. The molecule has 0 heterocycles. The van der Waals surface area contributed by atoms with E-state index in [9.17, 15) is 10.2 Å². The number of ether oxygens (including phenoxy) is 3. The molecule has 0 saturated carbocycles. The molecule has 3 rings (SSSR count). The monoisotopic (exact) mass is 300 g/mol. The Hall–Kier alpha value is -2.82. The van der Waals surface area contributed by atoms with Crippen molar-refractivity contribution < 1.29 is 24.4 Å². The van der Waals surface area contributed by atoms with Gasteiger partial charge in [-0.15, -0.1) is 0 Å². The molecule has 0 saturated heterocycles. The molecule has 0 aliphatic carbocycles. The number of hydrogen-bond acceptors (Lipinski definition) is 5. The molecule has 0 bridgehead atoms. The number of rotatable bonds is 3. The lowest BCUT2D eigenvalue weighted by molar-refractivity contribution is 0.335. The van der Waals surface area contributed by atoms with Crippen molar-refractivity contribution in [1.82, 2.24) is 0 Å². The average molecular weight is 300 g/mol. The molecule has 0 amide bonds. The van der Waals surface area contributed by atoms with E-state index in [1.807, 2.05) is 0 Å². The highest BCUT2D eigenvalue weighted by Gasteiger charge is 2.18. The van der Waals surface area contributed by atoms with Gasteiger partial charge in [-0.3, -0.25) is 0 Å². The number of methoxy groups -OCH3 is 3. The van der Waals surface area contributed by atoms with Crippen molar-refractivity contribution in [3.8, 4) is 28.7 Å². The van der Waals surface area contributed by atoms with Crippen molar-refractivity contribution in [3.05, 3.63) is 30.3 Å². The van der Waals surface area contributed by atoms with E-state index >= 15 is 0 Å². The van der Waals surface area contributed by atoms with E-state index in [1.54, 1.807) is 30.3 Å². The van der Waals surface area contributed by atoms with Crippen molar-refractivity contribution in [2.24, 2.45) is 0 Å². The van der Waals surface area contributed by atoms with Crippen LogP contribution in [0, 0.1) is 0 Å². The lowest BCUT2D eigenvalue weighted by atomic mass is 9.99. The predicted molar refractivity (Wildman–Crippen MR) is 84.4 cm³/mol. The third-order valence-corrected chi connectivity index (χ3v) is 3.77. The van der Waals surface area contributed by atoms with Crippen molar-refractivity contribution in [2.45, 2.75) is 0 Å². The van der Waals surface area contributed by atoms with Gasteiger partial charge in [-0.25, -0.2) is 0 Å². The van der Waals surface area contributed by atoms with Gasteiger partial charge in [0.15, 0.2) is 23.0 Å². The Kier molecular flexibility index (Phi) is 3.33. The summed E-state index contributed by atoms with van der Waals surface area (Å²) in [5, 5.41) is 23.5. The smallest absolute Gasteiger partial charge is 0.203 e. The molecule has 0 spiro atoms. The minimum absolute atomic E-state index is 0.0213. The summed E-state index contributed by atoms with van der Waals surface area (Å²) in [5.74, 6) is 1.11. The molecule has 3 aromatic carbocycles. The Morgan fingerprint density at radius 2 is 1.41 bits per heavy atom. The van der Waals surface area contributed by atoms with Gasteiger partial charge in [0.25, 0.3) is 0 Å². The number of hydrogen-bond donors (Lipinski definition) is 2. The van der Waals surface area contributed by atoms with Crippen LogP contribution in [0.2, 0.25) is 0 Å². The van der Waals surface area contributed by atoms with Crippen LogP contribution >= 0.6 is 0 Å². The normalized spacial score (nSPS) is 10.9. The Balaban J connectivity index is 2.48. The molecule has 5 nitrogen and oxygen atoms in total. The van der Waals surface area contributed by atoms with Crippen LogP contribution in [0.4, 0.5) is 0 Å². The zero-order valence-electron chi connectivity index (χ0n) is 12.5. The van der Waals surface area contributed by atoms with Crippen molar-refractivity contribution in [1.29, 1.82) is 0 Å². The molecule has 0 aliphatic rings. The molecule has 0 atom stereocenters. The molecule has 3 aromatic rings. The maximum absolute atomic E-state index is 10.6. The van der Waals surface area contributed by atoms with Crippen LogP contribution in [0.5, 0.6) is 28.7 Å². The van der Waals surface area contributed by atoms with Gasteiger partial charge in [0.05, 0.1) is 21.3 Å². The van der Waals surface area contributed by atoms with Gasteiger partial charge in [-0.1, -0.05) is 6.07 Å². The van der Waals surface area contributed by atoms with Crippen molar-refractivity contribution in [2.75, 3.05) is 21.3 Å². The summed E-state index contributed by atoms with van der Waals surface area (Å²) in [5.41, 5.74) is 0. The van der Waals surface area contributed by atoms with Gasteiger partial charge in [-0.2, -0.15) is 0 Å². The van der Waals surface area contributed by atoms with E-state index in [0.29, 0.717) is 27.7 Å². The van der Waals surface area contributed by atoms with Gasteiger partial charge < -0.3 is 24.4 Å². The standard InChI is InChI=1S/C17H16O5/c1-20-12-7-6-10-11(15(12)18)5-4-9-8-13(21-2)17(22-3)16(19)14(9)10/h4-8,18-19H,1-3H3. The van der Waals surface area contributed by atoms with Crippen molar-refractivity contribution in [3.63, 3.8) is 0 Å². The fourth-order valence-electron chi connectivity index (χ4n) is 2.72. The van der Waals surface area contributed by atoms with Crippen LogP contribution in [-0.4, -0.2) is 31.5 Å². The number of aromatic hydroxyl groups is 2. The van der Waals surface area contributed by atoms with E-state index in [1.165, 1.54) is 21.3 Å². The Labute approximate surface area is 127 Å². The topological polar surface area (TPSA) is 68.2 Å². The minimum Gasteiger partial charge on any atom is -0.504 e. The lowest BCUT2D eigenvalue weighted by Crippen LogP contribution is -1.92. The van der Waals surface area contributed by atoms with Crippen LogP contribution in [0.1, 0.15) is 0 Å². The molecule has 5 heteroatoms. The van der Waals surface area contributed by atoms with Gasteiger partial charge in [0, 0.05) is 10.8 Å². The van der Waals surface area contributed by atoms with Gasteiger partial charge in [-0.05, 0) is 35.0 Å². The first-order valence-electron chi connectivity index (χ1n) is 6.68. The molecular formula is C17H16O5. The Morgan fingerprint density at radius 3 is 2.05 bits per heavy atom. The number of phenols is 2. The molecule has 0 aromatic heterocycles. The molecule has 0 unspecified atom stereocenters. The van der Waals surface area contributed by atoms with Crippen LogP contribution in [-0.2, 0) is 0 Å². The summed E-state index contributed by atoms with van der Waals surface area (Å²) in [4.78, 5) is 0. The molecule has 2 N–H and O–H groups in total. The molecule has 0 aliphatic heterocycles. The van der Waals surface area contributed by atoms with Gasteiger partial charge in [0.1, 0.15) is 0 Å². The third-order valence-electron chi connectivity index (χ3n) is 3.77. The summed E-state index contributed by atoms with van der Waals surface area (Å²) < 4.78 is 15.6. The quantitative estimate of drug-likeness (QED) is 0.725. The largest absolute Gasteiger partial charge is 0.504 e. The minimum atomic E-state index is -0.0213. The second-order valence-electron chi connectivity index (χ2n) is 4.84. The van der Waals surface area contributed by atoms with Crippen LogP contribution < -0.4 is 14.2 Å². The fourth-order valence-corrected chi connectivity index (χ4v) is 2.72. The SMILES string of the molecule is COc1cc2ccc3c(O)c(OC)ccc3c2c(O)c1OC. The summed E-state index contributed by atoms with van der Waals surface area (Å²) in [6, 6.07) is 8.82. The van der Waals surface area contributed by atoms with E-state index in [-0.39, 0.29) is 17.2 Å². The summed E-state index contributed by atoms with van der Waals surface area (Å²) in [6.07, 6.45) is 0. The predicted octanol–water partition coefficient (Wildman–Crippen LogP) is 3.43. The Bertz CT molecular complexity index is 870. The molecule has 22 heavy (non-hydrogen) atoms. The zero-order valence-corrected chi connectivity index (χ0v) is 12.5. The second-order valence-corrected chi connectivity index (χ2v) is 4.84. The first kappa shape index (κ1) is 14.1. The highest BCUT2D eigenvalue weighted by atomic mass is 16.5. The summed E-state index contributed by atoms with van der Waals surface area (Å²) in [6.45, 7) is 0. The van der Waals surface area contributed by atoms with E-state index < -0.39 is 0 Å². The summed E-state index contributed by atoms with van der Waals surface area (Å²) in [7, 11) is 4.48. The second kappa shape index (κ2) is 5.18. The number of phenolic OH excluding ortho intramolecular Hbond substituents is 2.